The van der Waals surface area contributed by atoms with Gasteiger partial charge in [-0.3, -0.25) is 4.68 Å². The van der Waals surface area contributed by atoms with Gasteiger partial charge in [0.1, 0.15) is 24.0 Å². The van der Waals surface area contributed by atoms with Crippen molar-refractivity contribution in [2.24, 2.45) is 0 Å². The second kappa shape index (κ2) is 7.75. The van der Waals surface area contributed by atoms with Crippen molar-refractivity contribution in [1.29, 1.82) is 0 Å². The van der Waals surface area contributed by atoms with Crippen LogP contribution < -0.4 is 15.8 Å². The van der Waals surface area contributed by atoms with Gasteiger partial charge >= 0.3 is 0 Å². The van der Waals surface area contributed by atoms with Crippen molar-refractivity contribution in [3.63, 3.8) is 0 Å². The van der Waals surface area contributed by atoms with E-state index in [-0.39, 0.29) is 12.4 Å². The molecule has 140 valence electrons. The summed E-state index contributed by atoms with van der Waals surface area (Å²) in [5.41, 5.74) is 8.67. The van der Waals surface area contributed by atoms with E-state index in [0.29, 0.717) is 17.6 Å². The first kappa shape index (κ1) is 17.5. The van der Waals surface area contributed by atoms with E-state index >= 15 is 0 Å². The molecule has 0 bridgehead atoms. The molecule has 3 aromatic rings. The SMILES string of the molecule is Nc1ncc(-c2cnn(C3CCNCC3)c2)cc1COc1cccc(F)c1. The fraction of sp³-hybridized carbons (Fsp3) is 0.300. The van der Waals surface area contributed by atoms with Crippen LogP contribution >= 0.6 is 0 Å². The van der Waals surface area contributed by atoms with E-state index in [2.05, 4.69) is 21.6 Å². The number of nitrogens with zero attached hydrogens (tertiary/aromatic N) is 3. The summed E-state index contributed by atoms with van der Waals surface area (Å²) in [5, 5.41) is 7.89. The third-order valence-corrected chi connectivity index (χ3v) is 4.81. The molecule has 27 heavy (non-hydrogen) atoms. The van der Waals surface area contributed by atoms with Gasteiger partial charge in [-0.2, -0.15) is 5.10 Å². The van der Waals surface area contributed by atoms with Crippen LogP contribution in [0.1, 0.15) is 24.4 Å². The minimum absolute atomic E-state index is 0.221. The monoisotopic (exact) mass is 367 g/mol. The molecule has 4 rings (SSSR count). The number of pyridine rings is 1. The highest BCUT2D eigenvalue weighted by Gasteiger charge is 2.16. The van der Waals surface area contributed by atoms with E-state index in [0.717, 1.165) is 42.6 Å². The Morgan fingerprint density at radius 3 is 2.85 bits per heavy atom. The van der Waals surface area contributed by atoms with E-state index < -0.39 is 0 Å². The van der Waals surface area contributed by atoms with Crippen molar-refractivity contribution in [3.8, 4) is 16.9 Å². The van der Waals surface area contributed by atoms with Crippen LogP contribution in [-0.2, 0) is 6.61 Å². The number of hydrogen-bond acceptors (Lipinski definition) is 5. The molecule has 0 spiro atoms. The molecule has 6 nitrogen and oxygen atoms in total. The van der Waals surface area contributed by atoms with E-state index in [9.17, 15) is 4.39 Å². The number of anilines is 1. The summed E-state index contributed by atoms with van der Waals surface area (Å²) < 4.78 is 21.0. The minimum Gasteiger partial charge on any atom is -0.489 e. The number of nitrogens with one attached hydrogen (secondary N) is 1. The minimum atomic E-state index is -0.335. The third-order valence-electron chi connectivity index (χ3n) is 4.81. The Labute approximate surface area is 157 Å². The van der Waals surface area contributed by atoms with Crippen LogP contribution in [-0.4, -0.2) is 27.9 Å². The van der Waals surface area contributed by atoms with Gasteiger partial charge in [0, 0.05) is 35.2 Å². The first-order chi connectivity index (χ1) is 13.2. The highest BCUT2D eigenvalue weighted by molar-refractivity contribution is 5.63. The van der Waals surface area contributed by atoms with Gasteiger partial charge in [-0.25, -0.2) is 9.37 Å². The predicted octanol–water partition coefficient (Wildman–Crippen LogP) is 3.17. The Balaban J connectivity index is 1.51. The van der Waals surface area contributed by atoms with Crippen LogP contribution in [0.5, 0.6) is 5.75 Å². The van der Waals surface area contributed by atoms with Crippen LogP contribution in [0.25, 0.3) is 11.1 Å². The standard InChI is InChI=1S/C20H22FN5O/c21-17-2-1-3-19(9-17)27-13-15-8-14(10-24-20(15)22)16-11-25-26(12-16)18-4-6-23-7-5-18/h1-3,8-12,18,23H,4-7,13H2,(H2,22,24). The molecule has 0 radical (unpaired) electrons. The molecule has 1 aromatic carbocycles. The second-order valence-corrected chi connectivity index (χ2v) is 6.70. The summed E-state index contributed by atoms with van der Waals surface area (Å²) in [4.78, 5) is 4.28. The normalized spacial score (nSPS) is 15.0. The Morgan fingerprint density at radius 1 is 1.19 bits per heavy atom. The second-order valence-electron chi connectivity index (χ2n) is 6.70. The number of nitrogen functional groups attached to an aromatic ring is 1. The number of nitrogens with two attached hydrogens (primary N) is 1. The maximum atomic E-state index is 13.3. The smallest absolute Gasteiger partial charge is 0.130 e. The zero-order valence-corrected chi connectivity index (χ0v) is 14.9. The van der Waals surface area contributed by atoms with Gasteiger partial charge in [0.2, 0.25) is 0 Å². The molecule has 0 aliphatic carbocycles. The Hall–Kier alpha value is -2.93. The largest absolute Gasteiger partial charge is 0.489 e. The number of piperidine rings is 1. The number of benzene rings is 1. The Morgan fingerprint density at radius 2 is 2.04 bits per heavy atom. The quantitative estimate of drug-likeness (QED) is 0.724. The molecule has 1 aliphatic heterocycles. The van der Waals surface area contributed by atoms with Gasteiger partial charge in [0.15, 0.2) is 0 Å². The fourth-order valence-corrected chi connectivity index (χ4v) is 3.27. The first-order valence-corrected chi connectivity index (χ1v) is 9.07. The lowest BCUT2D eigenvalue weighted by atomic mass is 10.1. The van der Waals surface area contributed by atoms with Crippen molar-refractivity contribution in [2.75, 3.05) is 18.8 Å². The van der Waals surface area contributed by atoms with Crippen LogP contribution in [0.3, 0.4) is 0 Å². The van der Waals surface area contributed by atoms with E-state index in [1.807, 2.05) is 16.9 Å². The van der Waals surface area contributed by atoms with Crippen LogP contribution in [0.15, 0.2) is 48.9 Å². The van der Waals surface area contributed by atoms with Gasteiger partial charge in [-0.1, -0.05) is 6.07 Å². The van der Waals surface area contributed by atoms with Gasteiger partial charge in [0.25, 0.3) is 0 Å². The Kier molecular flexibility index (Phi) is 5.02. The molecule has 0 atom stereocenters. The van der Waals surface area contributed by atoms with Gasteiger partial charge < -0.3 is 15.8 Å². The van der Waals surface area contributed by atoms with Crippen molar-refractivity contribution >= 4 is 5.82 Å². The lowest BCUT2D eigenvalue weighted by Gasteiger charge is -2.22. The van der Waals surface area contributed by atoms with Crippen molar-refractivity contribution in [1.82, 2.24) is 20.1 Å². The van der Waals surface area contributed by atoms with Crippen molar-refractivity contribution in [2.45, 2.75) is 25.5 Å². The molecule has 0 unspecified atom stereocenters. The molecule has 0 amide bonds. The molecule has 1 aliphatic rings. The molecule has 0 saturated carbocycles. The highest BCUT2D eigenvalue weighted by atomic mass is 19.1. The van der Waals surface area contributed by atoms with E-state index in [1.165, 1.54) is 12.1 Å². The molecular weight excluding hydrogens is 345 g/mol. The maximum Gasteiger partial charge on any atom is 0.130 e. The van der Waals surface area contributed by atoms with Gasteiger partial charge in [0.05, 0.1) is 12.2 Å². The van der Waals surface area contributed by atoms with E-state index in [4.69, 9.17) is 10.5 Å². The van der Waals surface area contributed by atoms with Crippen molar-refractivity contribution < 1.29 is 9.13 Å². The molecule has 2 aromatic heterocycles. The predicted molar refractivity (Wildman–Crippen MR) is 102 cm³/mol. The number of ether oxygens (including phenoxy) is 1. The summed E-state index contributed by atoms with van der Waals surface area (Å²) in [6.07, 6.45) is 7.80. The van der Waals surface area contributed by atoms with Crippen LogP contribution in [0.2, 0.25) is 0 Å². The number of halogens is 1. The zero-order valence-electron chi connectivity index (χ0n) is 14.9. The summed E-state index contributed by atoms with van der Waals surface area (Å²) >= 11 is 0. The summed E-state index contributed by atoms with van der Waals surface area (Å²) in [5.74, 6) is 0.525. The van der Waals surface area contributed by atoms with E-state index in [1.54, 1.807) is 18.3 Å². The molecule has 3 heterocycles. The lowest BCUT2D eigenvalue weighted by molar-refractivity contribution is 0.305. The van der Waals surface area contributed by atoms with Crippen LogP contribution in [0.4, 0.5) is 10.2 Å². The third kappa shape index (κ3) is 4.09. The molecule has 7 heteroatoms. The van der Waals surface area contributed by atoms with Gasteiger partial charge in [-0.15, -0.1) is 0 Å². The lowest BCUT2D eigenvalue weighted by Crippen LogP contribution is -2.29. The molecule has 1 saturated heterocycles. The van der Waals surface area contributed by atoms with Gasteiger partial charge in [-0.05, 0) is 44.1 Å². The average Bonchev–Trinajstić information content (AvgIpc) is 3.18. The first-order valence-electron chi connectivity index (χ1n) is 9.07. The topological polar surface area (TPSA) is 78.0 Å². The zero-order chi connectivity index (χ0) is 18.6. The number of aromatic nitrogens is 3. The highest BCUT2D eigenvalue weighted by Crippen LogP contribution is 2.25. The Bertz CT molecular complexity index is 920. The summed E-state index contributed by atoms with van der Waals surface area (Å²) in [7, 11) is 0. The average molecular weight is 367 g/mol. The molecular formula is C20H22FN5O. The van der Waals surface area contributed by atoms with Crippen molar-refractivity contribution in [3.05, 3.63) is 60.3 Å². The van der Waals surface area contributed by atoms with Crippen LogP contribution in [0, 0.1) is 5.82 Å². The number of rotatable bonds is 5. The fourth-order valence-electron chi connectivity index (χ4n) is 3.27. The molecule has 1 fully saturated rings. The summed E-state index contributed by atoms with van der Waals surface area (Å²) in [6, 6.07) is 8.42. The molecule has 3 N–H and O–H groups in total. The maximum absolute atomic E-state index is 13.3. The number of hydrogen-bond donors (Lipinski definition) is 2. The summed E-state index contributed by atoms with van der Waals surface area (Å²) in [6.45, 7) is 2.26.